The van der Waals surface area contributed by atoms with Crippen LogP contribution in [0, 0.1) is 0 Å². The molecule has 0 saturated heterocycles. The molecule has 0 amide bonds. The minimum Gasteiger partial charge on any atom is -0.469 e. The summed E-state index contributed by atoms with van der Waals surface area (Å²) in [6.07, 6.45) is 10.2. The number of hydrogen-bond donors (Lipinski definition) is 0. The first kappa shape index (κ1) is 25.3. The maximum absolute atomic E-state index is 12.8. The Bertz CT molecular complexity index is 3730. The highest BCUT2D eigenvalue weighted by Crippen LogP contribution is 2.87. The van der Waals surface area contributed by atoms with Gasteiger partial charge in [0.05, 0.1) is 7.11 Å². The Labute approximate surface area is 302 Å². The summed E-state index contributed by atoms with van der Waals surface area (Å²) in [6, 6.07) is 24.6. The Morgan fingerprint density at radius 1 is 0.642 bits per heavy atom. The van der Waals surface area contributed by atoms with Gasteiger partial charge in [0, 0.05) is 23.2 Å². The number of hydrogen-bond acceptors (Lipinski definition) is 2. The van der Waals surface area contributed by atoms with Crippen LogP contribution < -0.4 is 0 Å². The van der Waals surface area contributed by atoms with Crippen molar-refractivity contribution >= 4 is 109 Å². The van der Waals surface area contributed by atoms with E-state index >= 15 is 0 Å². The summed E-state index contributed by atoms with van der Waals surface area (Å²) in [5.41, 5.74) is 15.0. The maximum atomic E-state index is 12.8. The lowest BCUT2D eigenvalue weighted by atomic mass is 9.73. The standard InChI is InChI=1S/C51H28O2/c1-53-29(52)11-6-12-50(28-9-3-2-4-10-28)49-36-20-7-5-8-21-14-23-16-26-19-27-18-25-17-24-15-22(13-20)35-38-31(24)30(25)37-34(27)39-32(26)33(23)44-46-43(39)41(37)42(38)45(40(35)36)48(46)51(49,50)47(21)44/h2-5,8-10,13-15,18-19,49H,6-7,11-12,16-17H2,1H3/b8-5-. The predicted octanol–water partition coefficient (Wildman–Crippen LogP) is 11.6. The zero-order valence-electron chi connectivity index (χ0n) is 29.1. The fraction of sp³-hybridized carbons (Fsp3) is 0.196. The molecule has 0 aliphatic heterocycles. The summed E-state index contributed by atoms with van der Waals surface area (Å²) >= 11 is 0. The number of carbonyl (C=O) groups is 1. The summed E-state index contributed by atoms with van der Waals surface area (Å²) < 4.78 is 5.27. The second kappa shape index (κ2) is 7.14. The first-order valence-corrected chi connectivity index (χ1v) is 19.7. The molecule has 6 aliphatic rings. The monoisotopic (exact) mass is 672 g/mol. The number of rotatable bonds is 5. The van der Waals surface area contributed by atoms with Gasteiger partial charge in [-0.25, -0.2) is 0 Å². The van der Waals surface area contributed by atoms with Crippen molar-refractivity contribution < 1.29 is 9.53 Å². The quantitative estimate of drug-likeness (QED) is 0.134. The molecular formula is C51H28O2. The van der Waals surface area contributed by atoms with Gasteiger partial charge in [-0.2, -0.15) is 0 Å². The van der Waals surface area contributed by atoms with Crippen LogP contribution in [0.25, 0.3) is 103 Å². The third-order valence-corrected chi connectivity index (χ3v) is 16.4. The zero-order chi connectivity index (χ0) is 33.8. The van der Waals surface area contributed by atoms with Crippen LogP contribution >= 0.6 is 0 Å². The van der Waals surface area contributed by atoms with Crippen LogP contribution in [0.15, 0.2) is 66.7 Å². The fourth-order valence-corrected chi connectivity index (χ4v) is 15.4. The minimum absolute atomic E-state index is 0.100. The number of ether oxygens (including phenoxy) is 1. The van der Waals surface area contributed by atoms with Crippen LogP contribution in [0.4, 0.5) is 0 Å². The largest absolute Gasteiger partial charge is 0.469 e. The van der Waals surface area contributed by atoms with Gasteiger partial charge in [0.1, 0.15) is 0 Å². The normalized spacial score (nSPS) is 24.1. The molecule has 6 aliphatic carbocycles. The van der Waals surface area contributed by atoms with Crippen LogP contribution in [-0.4, -0.2) is 13.1 Å². The van der Waals surface area contributed by atoms with Crippen molar-refractivity contribution in [3.8, 4) is 0 Å². The van der Waals surface area contributed by atoms with Gasteiger partial charge < -0.3 is 4.74 Å². The van der Waals surface area contributed by atoms with Gasteiger partial charge in [0.2, 0.25) is 0 Å². The SMILES string of the molecule is COC(=O)CCCC1(c2ccccc2)C2c3c4cc5cc6c7c8c(cc9cc%10c%11c%12c(cc(c%13c%12c%12c(c%14c3c5c7c%14c3c8c9c%11c%123)C%1321)/C=C\C4)C%10)C6. The van der Waals surface area contributed by atoms with E-state index in [2.05, 4.69) is 72.8 Å². The fourth-order valence-electron chi connectivity index (χ4n) is 15.4. The highest BCUT2D eigenvalue weighted by Gasteiger charge is 2.82. The van der Waals surface area contributed by atoms with Crippen molar-refractivity contribution in [1.82, 2.24) is 0 Å². The molecule has 2 bridgehead atoms. The van der Waals surface area contributed by atoms with Crippen molar-refractivity contribution in [3.05, 3.63) is 122 Å². The average Bonchev–Trinajstić information content (AvgIpc) is 3.75. The molecule has 0 radical (unpaired) electrons. The van der Waals surface area contributed by atoms with E-state index in [1.165, 1.54) is 67.6 Å². The molecule has 1 saturated carbocycles. The summed E-state index contributed by atoms with van der Waals surface area (Å²) in [5, 5.41) is 28.0. The molecule has 1 spiro atoms. The van der Waals surface area contributed by atoms with E-state index in [9.17, 15) is 4.79 Å². The molecule has 53 heavy (non-hydrogen) atoms. The minimum atomic E-state index is -0.209. The van der Waals surface area contributed by atoms with Crippen molar-refractivity contribution in [2.24, 2.45) is 0 Å². The lowest BCUT2D eigenvalue weighted by Crippen LogP contribution is -2.24. The Hall–Kier alpha value is -5.73. The predicted molar refractivity (Wildman–Crippen MR) is 216 cm³/mol. The smallest absolute Gasteiger partial charge is 0.305 e. The van der Waals surface area contributed by atoms with Crippen LogP contribution in [0.3, 0.4) is 0 Å². The third kappa shape index (κ3) is 2.05. The van der Waals surface area contributed by atoms with Crippen molar-refractivity contribution in [1.29, 1.82) is 0 Å². The molecule has 2 heteroatoms. The van der Waals surface area contributed by atoms with E-state index in [4.69, 9.17) is 4.74 Å². The first-order valence-electron chi connectivity index (χ1n) is 19.7. The highest BCUT2D eigenvalue weighted by molar-refractivity contribution is 6.59. The number of benzene rings is 9. The Morgan fingerprint density at radius 3 is 1.91 bits per heavy atom. The number of esters is 1. The van der Waals surface area contributed by atoms with Crippen LogP contribution in [0.1, 0.15) is 80.8 Å². The van der Waals surface area contributed by atoms with Crippen LogP contribution in [0.5, 0.6) is 0 Å². The topological polar surface area (TPSA) is 26.3 Å². The lowest BCUT2D eigenvalue weighted by molar-refractivity contribution is -0.140. The van der Waals surface area contributed by atoms with Crippen molar-refractivity contribution in [2.75, 3.05) is 7.11 Å². The summed E-state index contributed by atoms with van der Waals surface area (Å²) in [7, 11) is 1.54. The van der Waals surface area contributed by atoms with E-state index in [1.807, 2.05) is 0 Å². The number of allylic oxidation sites excluding steroid dienone is 1. The van der Waals surface area contributed by atoms with Gasteiger partial charge in [-0.1, -0.05) is 72.8 Å². The van der Waals surface area contributed by atoms with Crippen LogP contribution in [0.2, 0.25) is 0 Å². The molecule has 0 N–H and O–H groups in total. The second-order valence-electron chi connectivity index (χ2n) is 17.8. The Morgan fingerprint density at radius 2 is 1.21 bits per heavy atom. The molecule has 11 aromatic rings. The van der Waals surface area contributed by atoms with E-state index in [0.29, 0.717) is 12.3 Å². The number of carbonyl (C=O) groups excluding carboxylic acids is 1. The average molecular weight is 673 g/mol. The third-order valence-electron chi connectivity index (χ3n) is 16.4. The first-order chi connectivity index (χ1) is 26.2. The molecule has 244 valence electrons. The van der Waals surface area contributed by atoms with Gasteiger partial charge >= 0.3 is 5.97 Å². The second-order valence-corrected chi connectivity index (χ2v) is 17.8. The van der Waals surface area contributed by atoms with Gasteiger partial charge in [-0.05, 0) is 185 Å². The van der Waals surface area contributed by atoms with E-state index in [0.717, 1.165) is 32.1 Å². The summed E-state index contributed by atoms with van der Waals surface area (Å²) in [6.45, 7) is 0. The molecule has 0 heterocycles. The van der Waals surface area contributed by atoms with Gasteiger partial charge in [-0.15, -0.1) is 0 Å². The molecule has 3 atom stereocenters. The highest BCUT2D eigenvalue weighted by atomic mass is 16.5. The maximum Gasteiger partial charge on any atom is 0.305 e. The molecule has 1 fully saturated rings. The van der Waals surface area contributed by atoms with E-state index in [1.54, 1.807) is 92.1 Å². The Balaban J connectivity index is 1.23. The molecular weight excluding hydrogens is 645 g/mol. The van der Waals surface area contributed by atoms with E-state index in [-0.39, 0.29) is 16.8 Å². The van der Waals surface area contributed by atoms with Crippen molar-refractivity contribution in [2.45, 2.75) is 55.3 Å². The molecule has 2 nitrogen and oxygen atoms in total. The van der Waals surface area contributed by atoms with Crippen molar-refractivity contribution in [3.63, 3.8) is 0 Å². The Kier molecular flexibility index (Phi) is 3.40. The summed E-state index contributed by atoms with van der Waals surface area (Å²) in [5.74, 6) is 0.199. The molecule has 11 aromatic carbocycles. The number of methoxy groups -OCH3 is 1. The zero-order valence-corrected chi connectivity index (χ0v) is 29.1. The summed E-state index contributed by atoms with van der Waals surface area (Å²) in [4.78, 5) is 12.8. The van der Waals surface area contributed by atoms with Gasteiger partial charge in [-0.3, -0.25) is 4.79 Å². The van der Waals surface area contributed by atoms with E-state index < -0.39 is 0 Å². The van der Waals surface area contributed by atoms with Gasteiger partial charge in [0.25, 0.3) is 0 Å². The van der Waals surface area contributed by atoms with Gasteiger partial charge in [0.15, 0.2) is 0 Å². The lowest BCUT2D eigenvalue weighted by Gasteiger charge is -2.28. The molecule has 17 rings (SSSR count). The van der Waals surface area contributed by atoms with Crippen LogP contribution in [-0.2, 0) is 39.6 Å². The molecule has 3 unspecified atom stereocenters. The molecule has 0 aromatic heterocycles.